The van der Waals surface area contributed by atoms with E-state index in [1.54, 1.807) is 26.0 Å². The average molecular weight is 566 g/mol. The maximum atomic E-state index is 12.4. The number of methoxy groups -OCH3 is 1. The van der Waals surface area contributed by atoms with Crippen LogP contribution in [0, 0.1) is 20.6 Å². The standard InChI is InChI=1S/C22H19IN2O8/c1-4-31-18-10-13(8-15(23)20(18)32-11-19(26)30-3)9-16-22(27)33-21(24-16)14-5-6-17(25(28)29)12(2)7-14/h5-10H,4,11H2,1-3H3/b16-9-. The van der Waals surface area contributed by atoms with Crippen LogP contribution in [0.3, 0.4) is 0 Å². The molecule has 0 unspecified atom stereocenters. The molecule has 0 amide bonds. The Morgan fingerprint density at radius 3 is 2.67 bits per heavy atom. The van der Waals surface area contributed by atoms with E-state index in [9.17, 15) is 19.7 Å². The van der Waals surface area contributed by atoms with Crippen molar-refractivity contribution in [1.29, 1.82) is 0 Å². The van der Waals surface area contributed by atoms with Gasteiger partial charge in [-0.25, -0.2) is 14.6 Å². The number of ether oxygens (including phenoxy) is 4. The second-order valence-electron chi connectivity index (χ2n) is 6.72. The predicted molar refractivity (Wildman–Crippen MR) is 126 cm³/mol. The molecule has 0 fully saturated rings. The van der Waals surface area contributed by atoms with Crippen molar-refractivity contribution < 1.29 is 33.5 Å². The van der Waals surface area contributed by atoms with Crippen LogP contribution in [-0.4, -0.2) is 43.1 Å². The lowest BCUT2D eigenvalue weighted by Gasteiger charge is -2.14. The zero-order valence-corrected chi connectivity index (χ0v) is 20.1. The van der Waals surface area contributed by atoms with E-state index >= 15 is 0 Å². The molecule has 0 N–H and O–H groups in total. The molecule has 0 radical (unpaired) electrons. The van der Waals surface area contributed by atoms with Gasteiger partial charge >= 0.3 is 11.9 Å². The van der Waals surface area contributed by atoms with Gasteiger partial charge in [-0.15, -0.1) is 0 Å². The van der Waals surface area contributed by atoms with Crippen molar-refractivity contribution in [3.63, 3.8) is 0 Å². The zero-order chi connectivity index (χ0) is 24.1. The number of nitro groups is 1. The summed E-state index contributed by atoms with van der Waals surface area (Å²) in [6.07, 6.45) is 1.53. The number of nitrogens with zero attached hydrogens (tertiary/aromatic N) is 2. The summed E-state index contributed by atoms with van der Waals surface area (Å²) >= 11 is 2.03. The Balaban J connectivity index is 1.92. The monoisotopic (exact) mass is 566 g/mol. The molecule has 1 heterocycles. The van der Waals surface area contributed by atoms with Crippen molar-refractivity contribution in [1.82, 2.24) is 0 Å². The normalized spacial score (nSPS) is 14.0. The number of esters is 2. The molecule has 0 saturated heterocycles. The number of cyclic esters (lactones) is 1. The summed E-state index contributed by atoms with van der Waals surface area (Å²) in [5.41, 5.74) is 1.50. The average Bonchev–Trinajstić information content (AvgIpc) is 3.13. The smallest absolute Gasteiger partial charge is 0.363 e. The first-order valence-electron chi connectivity index (χ1n) is 9.67. The van der Waals surface area contributed by atoms with Crippen molar-refractivity contribution in [3.05, 3.63) is 66.4 Å². The van der Waals surface area contributed by atoms with Gasteiger partial charge in [0.15, 0.2) is 23.8 Å². The fourth-order valence-electron chi connectivity index (χ4n) is 2.95. The van der Waals surface area contributed by atoms with E-state index in [0.717, 1.165) is 0 Å². The Morgan fingerprint density at radius 2 is 2.03 bits per heavy atom. The van der Waals surface area contributed by atoms with Gasteiger partial charge in [0.05, 0.1) is 22.2 Å². The highest BCUT2D eigenvalue weighted by Gasteiger charge is 2.26. The third-order valence-electron chi connectivity index (χ3n) is 4.46. The largest absolute Gasteiger partial charge is 0.490 e. The number of benzene rings is 2. The number of hydrogen-bond donors (Lipinski definition) is 0. The number of rotatable bonds is 8. The number of halogens is 1. The molecule has 1 aliphatic heterocycles. The zero-order valence-electron chi connectivity index (χ0n) is 17.9. The van der Waals surface area contributed by atoms with Crippen molar-refractivity contribution in [2.45, 2.75) is 13.8 Å². The van der Waals surface area contributed by atoms with Crippen LogP contribution < -0.4 is 9.47 Å². The van der Waals surface area contributed by atoms with Crippen LogP contribution in [0.4, 0.5) is 5.69 Å². The highest BCUT2D eigenvalue weighted by atomic mass is 127. The minimum Gasteiger partial charge on any atom is -0.490 e. The summed E-state index contributed by atoms with van der Waals surface area (Å²) in [6, 6.07) is 7.74. The summed E-state index contributed by atoms with van der Waals surface area (Å²) in [5.74, 6) is -0.357. The van der Waals surface area contributed by atoms with E-state index in [4.69, 9.17) is 14.2 Å². The number of carbonyl (C=O) groups is 2. The van der Waals surface area contributed by atoms with Crippen LogP contribution in [0.5, 0.6) is 11.5 Å². The molecule has 0 spiro atoms. The van der Waals surface area contributed by atoms with Gasteiger partial charge in [0.2, 0.25) is 5.90 Å². The number of nitro benzene ring substituents is 1. The van der Waals surface area contributed by atoms with Crippen LogP contribution in [-0.2, 0) is 19.1 Å². The molecule has 0 atom stereocenters. The molecule has 172 valence electrons. The van der Waals surface area contributed by atoms with Crippen LogP contribution in [0.2, 0.25) is 0 Å². The first-order valence-corrected chi connectivity index (χ1v) is 10.7. The molecule has 10 nitrogen and oxygen atoms in total. The molecule has 0 saturated carbocycles. The van der Waals surface area contributed by atoms with Gasteiger partial charge in [0.1, 0.15) is 0 Å². The van der Waals surface area contributed by atoms with Crippen LogP contribution in [0.1, 0.15) is 23.6 Å². The Bertz CT molecular complexity index is 1190. The predicted octanol–water partition coefficient (Wildman–Crippen LogP) is 3.80. The van der Waals surface area contributed by atoms with Crippen molar-refractivity contribution in [3.8, 4) is 11.5 Å². The fourth-order valence-corrected chi connectivity index (χ4v) is 3.73. The van der Waals surface area contributed by atoms with E-state index < -0.39 is 16.9 Å². The lowest BCUT2D eigenvalue weighted by atomic mass is 10.1. The van der Waals surface area contributed by atoms with Gasteiger partial charge in [-0.1, -0.05) is 0 Å². The second-order valence-corrected chi connectivity index (χ2v) is 7.88. The molecular weight excluding hydrogens is 547 g/mol. The molecule has 0 bridgehead atoms. The number of carbonyl (C=O) groups excluding carboxylic acids is 2. The summed E-state index contributed by atoms with van der Waals surface area (Å²) < 4.78 is 21.7. The van der Waals surface area contributed by atoms with Gasteiger partial charge in [0, 0.05) is 17.2 Å². The number of aliphatic imine (C=N–C) groups is 1. The van der Waals surface area contributed by atoms with Gasteiger partial charge < -0.3 is 18.9 Å². The Kier molecular flexibility index (Phi) is 7.63. The van der Waals surface area contributed by atoms with Gasteiger partial charge in [-0.3, -0.25) is 10.1 Å². The van der Waals surface area contributed by atoms with E-state index in [1.807, 2.05) is 22.6 Å². The van der Waals surface area contributed by atoms with E-state index in [1.165, 1.54) is 31.4 Å². The van der Waals surface area contributed by atoms with Gasteiger partial charge in [0.25, 0.3) is 5.69 Å². The van der Waals surface area contributed by atoms with E-state index in [-0.39, 0.29) is 23.9 Å². The first kappa shape index (κ1) is 24.2. The number of aryl methyl sites for hydroxylation is 1. The SMILES string of the molecule is CCOc1cc(/C=C2\N=C(c3ccc([N+](=O)[O-])c(C)c3)OC2=O)cc(I)c1OCC(=O)OC. The first-order chi connectivity index (χ1) is 15.7. The molecule has 33 heavy (non-hydrogen) atoms. The molecule has 0 aliphatic carbocycles. The van der Waals surface area contributed by atoms with Crippen molar-refractivity contribution >= 4 is 52.2 Å². The summed E-state index contributed by atoms with van der Waals surface area (Å²) in [5, 5.41) is 11.0. The summed E-state index contributed by atoms with van der Waals surface area (Å²) in [6.45, 7) is 3.48. The van der Waals surface area contributed by atoms with Gasteiger partial charge in [-0.05, 0) is 72.3 Å². The highest BCUT2D eigenvalue weighted by molar-refractivity contribution is 14.1. The minimum absolute atomic E-state index is 0.0352. The summed E-state index contributed by atoms with van der Waals surface area (Å²) in [7, 11) is 1.27. The second kappa shape index (κ2) is 10.4. The Morgan fingerprint density at radius 1 is 1.27 bits per heavy atom. The van der Waals surface area contributed by atoms with Crippen LogP contribution >= 0.6 is 22.6 Å². The molecule has 1 aliphatic rings. The molecule has 11 heteroatoms. The third-order valence-corrected chi connectivity index (χ3v) is 5.26. The topological polar surface area (TPSA) is 127 Å². The Labute approximate surface area is 202 Å². The van der Waals surface area contributed by atoms with Crippen molar-refractivity contribution in [2.24, 2.45) is 4.99 Å². The fraction of sp³-hybridized carbons (Fsp3) is 0.227. The molecule has 2 aromatic rings. The van der Waals surface area contributed by atoms with E-state index in [2.05, 4.69) is 9.73 Å². The van der Waals surface area contributed by atoms with E-state index in [0.29, 0.717) is 38.4 Å². The van der Waals surface area contributed by atoms with Crippen LogP contribution in [0.25, 0.3) is 6.08 Å². The van der Waals surface area contributed by atoms with Crippen molar-refractivity contribution in [2.75, 3.05) is 20.3 Å². The minimum atomic E-state index is -0.653. The molecule has 0 aromatic heterocycles. The maximum absolute atomic E-state index is 12.4. The molecule has 2 aromatic carbocycles. The molecule has 3 rings (SSSR count). The summed E-state index contributed by atoms with van der Waals surface area (Å²) in [4.78, 5) is 38.6. The lowest BCUT2D eigenvalue weighted by molar-refractivity contribution is -0.385. The third kappa shape index (κ3) is 5.66. The quantitative estimate of drug-likeness (QED) is 0.155. The van der Waals surface area contributed by atoms with Gasteiger partial charge in [-0.2, -0.15) is 0 Å². The number of hydrogen-bond acceptors (Lipinski definition) is 9. The Hall–Kier alpha value is -3.48. The highest BCUT2D eigenvalue weighted by Crippen LogP contribution is 2.35. The lowest BCUT2D eigenvalue weighted by Crippen LogP contribution is -2.14. The maximum Gasteiger partial charge on any atom is 0.363 e. The molecular formula is C22H19IN2O8. The van der Waals surface area contributed by atoms with Crippen LogP contribution in [0.15, 0.2) is 41.0 Å².